The van der Waals surface area contributed by atoms with Crippen LogP contribution in [0.5, 0.6) is 0 Å². The van der Waals surface area contributed by atoms with Crippen LogP contribution in [0.4, 0.5) is 0 Å². The number of aryl methyl sites for hydroxylation is 2. The van der Waals surface area contributed by atoms with Crippen LogP contribution in [0.2, 0.25) is 0 Å². The Labute approximate surface area is 234 Å². The summed E-state index contributed by atoms with van der Waals surface area (Å²) in [6.07, 6.45) is -7.17. The second kappa shape index (κ2) is 11.7. The van der Waals surface area contributed by atoms with Crippen LogP contribution in [0.1, 0.15) is 23.0 Å². The Kier molecular flexibility index (Phi) is 8.41. The fraction of sp³-hybridized carbons (Fsp3) is 0.357. The topological polar surface area (TPSA) is 124 Å². The van der Waals surface area contributed by atoms with Crippen molar-refractivity contribution in [2.24, 2.45) is 0 Å². The Morgan fingerprint density at radius 2 is 1.23 bits per heavy atom. The molecule has 0 saturated carbocycles. The first-order valence-electron chi connectivity index (χ1n) is 12.6. The molecule has 40 heavy (non-hydrogen) atoms. The highest BCUT2D eigenvalue weighted by molar-refractivity contribution is 7.87. The number of benzene rings is 3. The van der Waals surface area contributed by atoms with Crippen molar-refractivity contribution in [3.05, 3.63) is 95.6 Å². The second-order valence-electron chi connectivity index (χ2n) is 9.61. The molecule has 2 aliphatic heterocycles. The van der Waals surface area contributed by atoms with E-state index in [1.54, 1.807) is 36.4 Å². The van der Waals surface area contributed by atoms with Crippen molar-refractivity contribution in [1.29, 1.82) is 0 Å². The SMILES string of the molecule is CO[C@H]1O[C@@H]2COC(c3ccccc3)O[C@H]2[C@@H](OS(=O)(=O)c2ccc(C)cc2)[C@H]1OS(=O)(=O)c1ccc(C)cc1. The highest BCUT2D eigenvalue weighted by Gasteiger charge is 2.54. The minimum absolute atomic E-state index is 0.00591. The average Bonchev–Trinajstić information content (AvgIpc) is 2.94. The fourth-order valence-electron chi connectivity index (χ4n) is 4.54. The molecule has 3 aromatic rings. The molecule has 6 atom stereocenters. The molecule has 12 heteroatoms. The van der Waals surface area contributed by atoms with Crippen molar-refractivity contribution < 1.29 is 44.1 Å². The maximum atomic E-state index is 13.5. The summed E-state index contributed by atoms with van der Waals surface area (Å²) in [6, 6.07) is 21.2. The molecular formula is C28H30O10S2. The van der Waals surface area contributed by atoms with Crippen molar-refractivity contribution in [3.63, 3.8) is 0 Å². The van der Waals surface area contributed by atoms with Gasteiger partial charge in [0.15, 0.2) is 18.7 Å². The zero-order chi connectivity index (χ0) is 28.5. The van der Waals surface area contributed by atoms with E-state index in [0.717, 1.165) is 11.1 Å². The van der Waals surface area contributed by atoms with Gasteiger partial charge in [-0.2, -0.15) is 16.8 Å². The van der Waals surface area contributed by atoms with Crippen LogP contribution >= 0.6 is 0 Å². The predicted molar refractivity (Wildman–Crippen MR) is 142 cm³/mol. The first-order valence-corrected chi connectivity index (χ1v) is 15.4. The van der Waals surface area contributed by atoms with E-state index < -0.39 is 57.2 Å². The van der Waals surface area contributed by atoms with Gasteiger partial charge in [0.2, 0.25) is 0 Å². The van der Waals surface area contributed by atoms with Crippen LogP contribution in [0.15, 0.2) is 88.7 Å². The minimum Gasteiger partial charge on any atom is -0.353 e. The highest BCUT2D eigenvalue weighted by Crippen LogP contribution is 2.38. The Morgan fingerprint density at radius 3 is 1.75 bits per heavy atom. The van der Waals surface area contributed by atoms with Gasteiger partial charge in [0.1, 0.15) is 18.3 Å². The number of methoxy groups -OCH3 is 1. The van der Waals surface area contributed by atoms with Crippen molar-refractivity contribution >= 4 is 20.2 Å². The van der Waals surface area contributed by atoms with Crippen LogP contribution in [0.3, 0.4) is 0 Å². The summed E-state index contributed by atoms with van der Waals surface area (Å²) in [4.78, 5) is -0.229. The van der Waals surface area contributed by atoms with E-state index in [1.807, 2.05) is 32.0 Å². The lowest BCUT2D eigenvalue weighted by Gasteiger charge is -2.47. The number of hydrogen-bond donors (Lipinski definition) is 0. The van der Waals surface area contributed by atoms with E-state index in [-0.39, 0.29) is 16.4 Å². The third kappa shape index (κ3) is 6.14. The van der Waals surface area contributed by atoms with Crippen LogP contribution < -0.4 is 0 Å². The van der Waals surface area contributed by atoms with Crippen molar-refractivity contribution in [2.75, 3.05) is 13.7 Å². The van der Waals surface area contributed by atoms with E-state index in [1.165, 1.54) is 31.4 Å². The Balaban J connectivity index is 1.53. The number of fused-ring (bicyclic) bond motifs is 1. The van der Waals surface area contributed by atoms with Crippen molar-refractivity contribution in [2.45, 2.75) is 60.6 Å². The van der Waals surface area contributed by atoms with Gasteiger partial charge >= 0.3 is 0 Å². The zero-order valence-corrected chi connectivity index (χ0v) is 23.7. The van der Waals surface area contributed by atoms with E-state index >= 15 is 0 Å². The molecule has 2 fully saturated rings. The summed E-state index contributed by atoms with van der Waals surface area (Å²) in [5.41, 5.74) is 2.39. The average molecular weight is 591 g/mol. The van der Waals surface area contributed by atoms with Gasteiger partial charge in [-0.05, 0) is 38.1 Å². The number of rotatable bonds is 8. The lowest BCUT2D eigenvalue weighted by atomic mass is 9.98. The highest BCUT2D eigenvalue weighted by atomic mass is 32.2. The van der Waals surface area contributed by atoms with E-state index in [2.05, 4.69) is 0 Å². The van der Waals surface area contributed by atoms with Gasteiger partial charge < -0.3 is 18.9 Å². The first kappa shape index (κ1) is 28.8. The minimum atomic E-state index is -4.41. The molecule has 0 aromatic heterocycles. The van der Waals surface area contributed by atoms with Gasteiger partial charge in [-0.25, -0.2) is 0 Å². The molecule has 0 aliphatic carbocycles. The lowest BCUT2D eigenvalue weighted by Crippen LogP contribution is -2.64. The maximum Gasteiger partial charge on any atom is 0.297 e. The molecule has 0 radical (unpaired) electrons. The molecule has 0 amide bonds. The first-order chi connectivity index (χ1) is 19.1. The predicted octanol–water partition coefficient (Wildman–Crippen LogP) is 3.64. The summed E-state index contributed by atoms with van der Waals surface area (Å²) in [5, 5.41) is 0. The zero-order valence-electron chi connectivity index (χ0n) is 22.1. The molecule has 2 heterocycles. The van der Waals surface area contributed by atoms with Crippen LogP contribution in [0, 0.1) is 13.8 Å². The molecule has 214 valence electrons. The molecule has 3 aromatic carbocycles. The van der Waals surface area contributed by atoms with Gasteiger partial charge in [-0.3, -0.25) is 8.37 Å². The van der Waals surface area contributed by atoms with Crippen molar-refractivity contribution in [3.8, 4) is 0 Å². The molecule has 5 rings (SSSR count). The Bertz CT molecular complexity index is 1510. The smallest absolute Gasteiger partial charge is 0.297 e. The summed E-state index contributed by atoms with van der Waals surface area (Å²) in [6.45, 7) is 3.65. The van der Waals surface area contributed by atoms with E-state index in [0.29, 0.717) is 5.56 Å². The van der Waals surface area contributed by atoms with Crippen LogP contribution in [0.25, 0.3) is 0 Å². The normalized spacial score (nSPS) is 27.2. The monoisotopic (exact) mass is 590 g/mol. The molecule has 0 spiro atoms. The summed E-state index contributed by atoms with van der Waals surface area (Å²) in [7, 11) is -7.52. The third-order valence-corrected chi connectivity index (χ3v) is 9.33. The standard InChI is InChI=1S/C28H30O10S2/c1-18-9-13-21(14-10-18)39(29,30)37-25-24-23(17-34-27(36-24)20-7-5-4-6-8-20)35-28(33-3)26(25)38-40(31,32)22-15-11-19(2)12-16-22/h4-16,23-28H,17H2,1-3H3/t23-,24-,25-,26-,27?,28+/m1/s1. The van der Waals surface area contributed by atoms with Gasteiger partial charge in [0, 0.05) is 12.7 Å². The number of hydrogen-bond acceptors (Lipinski definition) is 10. The van der Waals surface area contributed by atoms with Crippen LogP contribution in [-0.4, -0.2) is 61.3 Å². The van der Waals surface area contributed by atoms with E-state index in [4.69, 9.17) is 27.3 Å². The van der Waals surface area contributed by atoms with Gasteiger partial charge in [-0.15, -0.1) is 0 Å². The van der Waals surface area contributed by atoms with Crippen molar-refractivity contribution in [1.82, 2.24) is 0 Å². The lowest BCUT2D eigenvalue weighted by molar-refractivity contribution is -0.351. The summed E-state index contributed by atoms with van der Waals surface area (Å²) < 4.78 is 88.4. The third-order valence-electron chi connectivity index (χ3n) is 6.68. The second-order valence-corrected chi connectivity index (χ2v) is 12.8. The van der Waals surface area contributed by atoms with Crippen LogP contribution in [-0.2, 0) is 47.5 Å². The summed E-state index contributed by atoms with van der Waals surface area (Å²) >= 11 is 0. The fourth-order valence-corrected chi connectivity index (χ4v) is 6.71. The molecule has 2 aliphatic rings. The maximum absolute atomic E-state index is 13.5. The van der Waals surface area contributed by atoms with E-state index in [9.17, 15) is 16.8 Å². The van der Waals surface area contributed by atoms with Gasteiger partial charge in [-0.1, -0.05) is 65.7 Å². The largest absolute Gasteiger partial charge is 0.353 e. The van der Waals surface area contributed by atoms with Gasteiger partial charge in [0.25, 0.3) is 20.2 Å². The quantitative estimate of drug-likeness (QED) is 0.359. The Hall–Kier alpha value is -2.68. The molecule has 1 unspecified atom stereocenters. The molecule has 0 bridgehead atoms. The molecule has 10 nitrogen and oxygen atoms in total. The Morgan fingerprint density at radius 1 is 0.700 bits per heavy atom. The van der Waals surface area contributed by atoms with Gasteiger partial charge in [0.05, 0.1) is 16.4 Å². The summed E-state index contributed by atoms with van der Waals surface area (Å²) in [5.74, 6) is 0. The molecule has 2 saturated heterocycles. The number of ether oxygens (including phenoxy) is 4. The molecular weight excluding hydrogens is 560 g/mol. The molecule has 0 N–H and O–H groups in total.